The van der Waals surface area contributed by atoms with E-state index in [1.807, 2.05) is 19.2 Å². The standard InChI is InChI=1S/C11H10N4/c1-15-8-10(12)11(14-15)5-4-9-3-2-6-13-7-9/h2-3,6-8H,12H2,1H3. The summed E-state index contributed by atoms with van der Waals surface area (Å²) in [6.07, 6.45) is 5.14. The zero-order valence-corrected chi connectivity index (χ0v) is 8.31. The smallest absolute Gasteiger partial charge is 0.158 e. The third-order valence-electron chi connectivity index (χ3n) is 1.84. The Hall–Kier alpha value is -2.28. The van der Waals surface area contributed by atoms with Crippen molar-refractivity contribution in [2.45, 2.75) is 0 Å². The summed E-state index contributed by atoms with van der Waals surface area (Å²) in [4.78, 5) is 3.97. The third kappa shape index (κ3) is 2.15. The Morgan fingerprint density at radius 2 is 2.27 bits per heavy atom. The average Bonchev–Trinajstić information content (AvgIpc) is 2.56. The summed E-state index contributed by atoms with van der Waals surface area (Å²) in [5.74, 6) is 5.85. The molecule has 4 nitrogen and oxygen atoms in total. The zero-order valence-electron chi connectivity index (χ0n) is 8.31. The summed E-state index contributed by atoms with van der Waals surface area (Å²) in [5.41, 5.74) is 7.74. The number of anilines is 1. The van der Waals surface area contributed by atoms with Crippen LogP contribution in [0.5, 0.6) is 0 Å². The first-order chi connectivity index (χ1) is 7.25. The minimum absolute atomic E-state index is 0.592. The maximum Gasteiger partial charge on any atom is 0.158 e. The Morgan fingerprint density at radius 3 is 2.87 bits per heavy atom. The van der Waals surface area contributed by atoms with Gasteiger partial charge in [0.1, 0.15) is 0 Å². The first-order valence-electron chi connectivity index (χ1n) is 4.47. The SMILES string of the molecule is Cn1cc(N)c(C#Cc2cccnc2)n1. The third-order valence-corrected chi connectivity index (χ3v) is 1.84. The highest BCUT2D eigenvalue weighted by Crippen LogP contribution is 2.05. The van der Waals surface area contributed by atoms with Crippen molar-refractivity contribution in [1.29, 1.82) is 0 Å². The van der Waals surface area contributed by atoms with Crippen LogP contribution in [0.3, 0.4) is 0 Å². The number of nitrogen functional groups attached to an aromatic ring is 1. The summed E-state index contributed by atoms with van der Waals surface area (Å²) in [6, 6.07) is 3.73. The first kappa shape index (κ1) is 9.28. The summed E-state index contributed by atoms with van der Waals surface area (Å²) < 4.78 is 1.64. The molecule has 0 unspecified atom stereocenters. The fourth-order valence-corrected chi connectivity index (χ4v) is 1.17. The van der Waals surface area contributed by atoms with Crippen molar-refractivity contribution in [3.05, 3.63) is 42.0 Å². The van der Waals surface area contributed by atoms with Crippen LogP contribution in [-0.2, 0) is 7.05 Å². The summed E-state index contributed by atoms with van der Waals surface area (Å²) in [7, 11) is 1.81. The molecular formula is C11H10N4. The first-order valence-corrected chi connectivity index (χ1v) is 4.47. The summed E-state index contributed by atoms with van der Waals surface area (Å²) in [6.45, 7) is 0. The fraction of sp³-hybridized carbons (Fsp3) is 0.0909. The maximum atomic E-state index is 5.70. The Balaban J connectivity index is 2.30. The lowest BCUT2D eigenvalue weighted by atomic mass is 10.3. The van der Waals surface area contributed by atoms with Crippen LogP contribution in [0, 0.1) is 11.8 Å². The Kier molecular flexibility index (Phi) is 2.38. The highest BCUT2D eigenvalue weighted by molar-refractivity contribution is 5.52. The number of hydrogen-bond donors (Lipinski definition) is 1. The van der Waals surface area contributed by atoms with Crippen LogP contribution in [0.2, 0.25) is 0 Å². The second-order valence-electron chi connectivity index (χ2n) is 3.10. The van der Waals surface area contributed by atoms with Crippen molar-refractivity contribution in [1.82, 2.24) is 14.8 Å². The van der Waals surface area contributed by atoms with Gasteiger partial charge in [0.15, 0.2) is 5.69 Å². The summed E-state index contributed by atoms with van der Waals surface area (Å²) in [5, 5.41) is 4.12. The average molecular weight is 198 g/mol. The molecule has 0 bridgehead atoms. The van der Waals surface area contributed by atoms with Gasteiger partial charge in [-0.15, -0.1) is 0 Å². The van der Waals surface area contributed by atoms with Crippen molar-refractivity contribution < 1.29 is 0 Å². The molecule has 0 radical (unpaired) electrons. The van der Waals surface area contributed by atoms with Crippen LogP contribution < -0.4 is 5.73 Å². The normalized spacial score (nSPS) is 9.40. The number of nitrogens with two attached hydrogens (primary N) is 1. The zero-order chi connectivity index (χ0) is 10.7. The van der Waals surface area contributed by atoms with E-state index in [1.54, 1.807) is 23.3 Å². The topological polar surface area (TPSA) is 56.7 Å². The quantitative estimate of drug-likeness (QED) is 0.637. The van der Waals surface area contributed by atoms with Crippen LogP contribution in [-0.4, -0.2) is 14.8 Å². The van der Waals surface area contributed by atoms with Crippen molar-refractivity contribution >= 4 is 5.69 Å². The predicted octanol–water partition coefficient (Wildman–Crippen LogP) is 0.797. The van der Waals surface area contributed by atoms with E-state index in [-0.39, 0.29) is 0 Å². The molecule has 0 atom stereocenters. The van der Waals surface area contributed by atoms with Gasteiger partial charge in [-0.25, -0.2) is 0 Å². The van der Waals surface area contributed by atoms with Crippen LogP contribution in [0.4, 0.5) is 5.69 Å². The van der Waals surface area contributed by atoms with E-state index in [0.29, 0.717) is 11.4 Å². The van der Waals surface area contributed by atoms with Crippen molar-refractivity contribution in [2.75, 3.05) is 5.73 Å². The molecule has 0 aliphatic rings. The molecule has 0 aromatic carbocycles. The molecule has 0 spiro atoms. The van der Waals surface area contributed by atoms with Gasteiger partial charge in [-0.1, -0.05) is 5.92 Å². The molecule has 2 rings (SSSR count). The van der Waals surface area contributed by atoms with Crippen molar-refractivity contribution in [2.24, 2.45) is 7.05 Å². The van der Waals surface area contributed by atoms with Gasteiger partial charge in [-0.2, -0.15) is 5.10 Å². The second-order valence-corrected chi connectivity index (χ2v) is 3.10. The molecule has 0 saturated heterocycles. The van der Waals surface area contributed by atoms with E-state index < -0.39 is 0 Å². The second kappa shape index (κ2) is 3.84. The number of hydrogen-bond acceptors (Lipinski definition) is 3. The molecule has 15 heavy (non-hydrogen) atoms. The largest absolute Gasteiger partial charge is 0.395 e. The number of aryl methyl sites for hydroxylation is 1. The molecule has 0 fully saturated rings. The lowest BCUT2D eigenvalue weighted by Crippen LogP contribution is -1.88. The van der Waals surface area contributed by atoms with E-state index >= 15 is 0 Å². The Labute approximate surface area is 87.7 Å². The predicted molar refractivity (Wildman–Crippen MR) is 57.8 cm³/mol. The van der Waals surface area contributed by atoms with Crippen LogP contribution >= 0.6 is 0 Å². The molecular weight excluding hydrogens is 188 g/mol. The number of aromatic nitrogens is 3. The molecule has 74 valence electrons. The number of pyridine rings is 1. The van der Waals surface area contributed by atoms with E-state index in [1.165, 1.54) is 0 Å². The van der Waals surface area contributed by atoms with E-state index in [4.69, 9.17) is 5.73 Å². The van der Waals surface area contributed by atoms with Crippen molar-refractivity contribution in [3.63, 3.8) is 0 Å². The summed E-state index contributed by atoms with van der Waals surface area (Å²) >= 11 is 0. The Morgan fingerprint density at radius 1 is 1.40 bits per heavy atom. The van der Waals surface area contributed by atoms with Gasteiger partial charge in [0.05, 0.1) is 5.69 Å². The van der Waals surface area contributed by atoms with Crippen LogP contribution in [0.25, 0.3) is 0 Å². The molecule has 2 N–H and O–H groups in total. The molecule has 2 aromatic rings. The van der Waals surface area contributed by atoms with Crippen molar-refractivity contribution in [3.8, 4) is 11.8 Å². The minimum Gasteiger partial charge on any atom is -0.395 e. The highest BCUT2D eigenvalue weighted by atomic mass is 15.3. The monoisotopic (exact) mass is 198 g/mol. The van der Waals surface area contributed by atoms with E-state index in [0.717, 1.165) is 5.56 Å². The van der Waals surface area contributed by atoms with Gasteiger partial charge in [0.2, 0.25) is 0 Å². The van der Waals surface area contributed by atoms with Gasteiger partial charge in [-0.3, -0.25) is 9.67 Å². The van der Waals surface area contributed by atoms with Crippen LogP contribution in [0.15, 0.2) is 30.7 Å². The minimum atomic E-state index is 0.592. The van der Waals surface area contributed by atoms with E-state index in [9.17, 15) is 0 Å². The Bertz CT molecular complexity index is 517. The maximum absolute atomic E-state index is 5.70. The highest BCUT2D eigenvalue weighted by Gasteiger charge is 1.98. The van der Waals surface area contributed by atoms with Crippen LogP contribution in [0.1, 0.15) is 11.3 Å². The van der Waals surface area contributed by atoms with Gasteiger partial charge in [0, 0.05) is 31.2 Å². The molecule has 2 aromatic heterocycles. The fourth-order valence-electron chi connectivity index (χ4n) is 1.17. The molecule has 0 amide bonds. The molecule has 0 aliphatic carbocycles. The van der Waals surface area contributed by atoms with E-state index in [2.05, 4.69) is 21.9 Å². The number of nitrogens with zero attached hydrogens (tertiary/aromatic N) is 3. The van der Waals surface area contributed by atoms with Gasteiger partial charge in [-0.05, 0) is 18.1 Å². The molecule has 0 saturated carbocycles. The van der Waals surface area contributed by atoms with Gasteiger partial charge in [0.25, 0.3) is 0 Å². The van der Waals surface area contributed by atoms with Gasteiger partial charge >= 0.3 is 0 Å². The van der Waals surface area contributed by atoms with Gasteiger partial charge < -0.3 is 5.73 Å². The molecule has 0 aliphatic heterocycles. The molecule has 4 heteroatoms. The lowest BCUT2D eigenvalue weighted by Gasteiger charge is -1.86. The lowest BCUT2D eigenvalue weighted by molar-refractivity contribution is 0.764. The molecule has 2 heterocycles. The number of rotatable bonds is 0.